The number of nitrogens with one attached hydrogen (secondary N) is 2. The van der Waals surface area contributed by atoms with Crippen molar-refractivity contribution in [1.29, 1.82) is 0 Å². The number of rotatable bonds is 8. The van der Waals surface area contributed by atoms with Crippen molar-refractivity contribution in [3.63, 3.8) is 0 Å². The molecule has 11 heteroatoms. The number of thiazole rings is 1. The number of benzene rings is 1. The molecule has 0 aliphatic carbocycles. The van der Waals surface area contributed by atoms with E-state index in [2.05, 4.69) is 25.5 Å². The van der Waals surface area contributed by atoms with E-state index >= 15 is 0 Å². The largest absolute Gasteiger partial charge is 0.355 e. The van der Waals surface area contributed by atoms with E-state index in [0.29, 0.717) is 46.2 Å². The molecule has 2 N–H and O–H groups in total. The van der Waals surface area contributed by atoms with Crippen molar-refractivity contribution in [2.75, 3.05) is 13.1 Å². The van der Waals surface area contributed by atoms with Crippen LogP contribution in [0.5, 0.6) is 0 Å². The topological polar surface area (TPSA) is 104 Å². The average Bonchev–Trinajstić information content (AvgIpc) is 3.34. The van der Waals surface area contributed by atoms with E-state index in [1.54, 1.807) is 23.1 Å². The van der Waals surface area contributed by atoms with Crippen LogP contribution >= 0.6 is 34.5 Å². The molecule has 0 fully saturated rings. The van der Waals surface area contributed by atoms with Crippen LogP contribution in [0.3, 0.4) is 0 Å². The Bertz CT molecular complexity index is 992. The Balaban J connectivity index is 1.71. The molecule has 0 saturated heterocycles. The minimum absolute atomic E-state index is 0.121. The molecule has 0 atom stereocenters. The highest BCUT2D eigenvalue weighted by molar-refractivity contribution is 7.13. The van der Waals surface area contributed by atoms with Gasteiger partial charge in [-0.15, -0.1) is 11.3 Å². The molecule has 0 radical (unpaired) electrons. The molecule has 2 amide bonds. The maximum atomic E-state index is 12.9. The van der Waals surface area contributed by atoms with Gasteiger partial charge in [-0.3, -0.25) is 14.7 Å². The molecule has 0 bridgehead atoms. The fourth-order valence-corrected chi connectivity index (χ4v) is 3.82. The SMILES string of the molecule is CC(=O)NCCN(Cc1ccc(Cl)cc1Cl)C(=O)Cc1csc(-c2ncn[nH]2)n1. The molecule has 29 heavy (non-hydrogen) atoms. The van der Waals surface area contributed by atoms with Crippen molar-refractivity contribution in [2.24, 2.45) is 0 Å². The van der Waals surface area contributed by atoms with E-state index in [-0.39, 0.29) is 18.2 Å². The quantitative estimate of drug-likeness (QED) is 0.546. The minimum atomic E-state index is -0.155. The zero-order chi connectivity index (χ0) is 20.8. The van der Waals surface area contributed by atoms with Gasteiger partial charge in [-0.05, 0) is 17.7 Å². The molecule has 3 rings (SSSR count). The van der Waals surface area contributed by atoms with Crippen LogP contribution in [0.1, 0.15) is 18.2 Å². The lowest BCUT2D eigenvalue weighted by Crippen LogP contribution is -2.38. The summed E-state index contributed by atoms with van der Waals surface area (Å²) in [5, 5.41) is 12.7. The van der Waals surface area contributed by atoms with Crippen molar-refractivity contribution in [2.45, 2.75) is 19.9 Å². The predicted molar refractivity (Wildman–Crippen MR) is 112 cm³/mol. The molecule has 2 heterocycles. The van der Waals surface area contributed by atoms with Gasteiger partial charge < -0.3 is 10.2 Å². The number of halogens is 2. The first kappa shape index (κ1) is 21.2. The number of hydrogen-bond donors (Lipinski definition) is 2. The first-order valence-electron chi connectivity index (χ1n) is 8.68. The molecule has 0 spiro atoms. The van der Waals surface area contributed by atoms with Gasteiger partial charge in [0.05, 0.1) is 12.1 Å². The molecular weight excluding hydrogens is 435 g/mol. The number of H-pyrrole nitrogens is 1. The van der Waals surface area contributed by atoms with Crippen LogP contribution in [0.2, 0.25) is 10.0 Å². The first-order chi connectivity index (χ1) is 13.9. The van der Waals surface area contributed by atoms with Crippen molar-refractivity contribution >= 4 is 46.4 Å². The number of aromatic nitrogens is 4. The van der Waals surface area contributed by atoms with Gasteiger partial charge in [0, 0.05) is 42.0 Å². The number of carbonyl (C=O) groups excluding carboxylic acids is 2. The number of nitrogens with zero attached hydrogens (tertiary/aromatic N) is 4. The average molecular weight is 453 g/mol. The van der Waals surface area contributed by atoms with Gasteiger partial charge >= 0.3 is 0 Å². The summed E-state index contributed by atoms with van der Waals surface area (Å²) >= 11 is 13.6. The Morgan fingerprint density at radius 1 is 1.31 bits per heavy atom. The summed E-state index contributed by atoms with van der Waals surface area (Å²) in [5.74, 6) is 0.276. The van der Waals surface area contributed by atoms with Gasteiger partial charge in [0.25, 0.3) is 0 Å². The van der Waals surface area contributed by atoms with Crippen molar-refractivity contribution < 1.29 is 9.59 Å². The van der Waals surface area contributed by atoms with E-state index in [4.69, 9.17) is 23.2 Å². The first-order valence-corrected chi connectivity index (χ1v) is 10.3. The summed E-state index contributed by atoms with van der Waals surface area (Å²) in [6, 6.07) is 5.15. The van der Waals surface area contributed by atoms with E-state index in [1.165, 1.54) is 24.6 Å². The standard InChI is InChI=1S/C18H18Cl2N6O2S/c1-11(27)21-4-5-26(8-12-2-3-13(19)6-15(12)20)16(28)7-14-9-29-18(24-14)17-22-10-23-25-17/h2-3,6,9-10H,4-5,7-8H2,1H3,(H,21,27)(H,22,23,25). The molecule has 152 valence electrons. The molecule has 3 aromatic rings. The number of hydrogen-bond acceptors (Lipinski definition) is 6. The van der Waals surface area contributed by atoms with Gasteiger partial charge in [-0.2, -0.15) is 5.10 Å². The van der Waals surface area contributed by atoms with Gasteiger partial charge in [0.1, 0.15) is 6.33 Å². The Morgan fingerprint density at radius 3 is 2.83 bits per heavy atom. The lowest BCUT2D eigenvalue weighted by Gasteiger charge is -2.23. The Hall–Kier alpha value is -2.49. The number of aromatic amines is 1. The Morgan fingerprint density at radius 2 is 2.14 bits per heavy atom. The molecule has 0 aliphatic heterocycles. The molecule has 2 aromatic heterocycles. The van der Waals surface area contributed by atoms with Crippen LogP contribution in [-0.2, 0) is 22.6 Å². The number of carbonyl (C=O) groups is 2. The summed E-state index contributed by atoms with van der Waals surface area (Å²) in [4.78, 5) is 34.3. The highest BCUT2D eigenvalue weighted by atomic mass is 35.5. The Kier molecular flexibility index (Phi) is 7.18. The minimum Gasteiger partial charge on any atom is -0.355 e. The smallest absolute Gasteiger partial charge is 0.228 e. The van der Waals surface area contributed by atoms with Gasteiger partial charge in [-0.1, -0.05) is 29.3 Å². The van der Waals surface area contributed by atoms with Crippen molar-refractivity contribution in [3.8, 4) is 10.8 Å². The van der Waals surface area contributed by atoms with E-state index < -0.39 is 0 Å². The third-order valence-electron chi connectivity index (χ3n) is 3.99. The summed E-state index contributed by atoms with van der Waals surface area (Å²) in [7, 11) is 0. The summed E-state index contributed by atoms with van der Waals surface area (Å²) < 4.78 is 0. The Labute approximate surface area is 181 Å². The monoisotopic (exact) mass is 452 g/mol. The molecule has 8 nitrogen and oxygen atoms in total. The lowest BCUT2D eigenvalue weighted by atomic mass is 10.2. The second kappa shape index (κ2) is 9.82. The molecule has 0 aliphatic rings. The van der Waals surface area contributed by atoms with Crippen LogP contribution in [0.25, 0.3) is 10.8 Å². The van der Waals surface area contributed by atoms with Crippen LogP contribution in [0.15, 0.2) is 29.9 Å². The molecule has 1 aromatic carbocycles. The predicted octanol–water partition coefficient (Wildman–Crippen LogP) is 2.94. The molecule has 0 saturated carbocycles. The number of amides is 2. The fraction of sp³-hybridized carbons (Fsp3) is 0.278. The van der Waals surface area contributed by atoms with Crippen LogP contribution in [0, 0.1) is 0 Å². The third kappa shape index (κ3) is 5.99. The summed E-state index contributed by atoms with van der Waals surface area (Å²) in [5.41, 5.74) is 1.41. The summed E-state index contributed by atoms with van der Waals surface area (Å²) in [6.07, 6.45) is 1.52. The van der Waals surface area contributed by atoms with Crippen LogP contribution in [0.4, 0.5) is 0 Å². The third-order valence-corrected chi connectivity index (χ3v) is 5.47. The van der Waals surface area contributed by atoms with Gasteiger partial charge in [-0.25, -0.2) is 9.97 Å². The van der Waals surface area contributed by atoms with E-state index in [0.717, 1.165) is 5.56 Å². The van der Waals surface area contributed by atoms with E-state index in [9.17, 15) is 9.59 Å². The van der Waals surface area contributed by atoms with Crippen molar-refractivity contribution in [1.82, 2.24) is 30.4 Å². The van der Waals surface area contributed by atoms with Crippen molar-refractivity contribution in [3.05, 3.63) is 51.2 Å². The zero-order valence-electron chi connectivity index (χ0n) is 15.5. The second-order valence-electron chi connectivity index (χ2n) is 6.19. The van der Waals surface area contributed by atoms with Gasteiger partial charge in [0.15, 0.2) is 10.8 Å². The molecular formula is C18H18Cl2N6O2S. The van der Waals surface area contributed by atoms with Gasteiger partial charge in [0.2, 0.25) is 11.8 Å². The normalized spacial score (nSPS) is 10.7. The van der Waals surface area contributed by atoms with Crippen LogP contribution < -0.4 is 5.32 Å². The second-order valence-corrected chi connectivity index (χ2v) is 7.89. The lowest BCUT2D eigenvalue weighted by molar-refractivity contribution is -0.131. The zero-order valence-corrected chi connectivity index (χ0v) is 17.8. The fourth-order valence-electron chi connectivity index (χ4n) is 2.59. The van der Waals surface area contributed by atoms with E-state index in [1.807, 2.05) is 5.38 Å². The van der Waals surface area contributed by atoms with Crippen LogP contribution in [-0.4, -0.2) is 50.0 Å². The highest BCUT2D eigenvalue weighted by Crippen LogP contribution is 2.23. The maximum absolute atomic E-state index is 12.9. The highest BCUT2D eigenvalue weighted by Gasteiger charge is 2.18. The molecule has 0 unspecified atom stereocenters. The summed E-state index contributed by atoms with van der Waals surface area (Å²) in [6.45, 7) is 2.42. The maximum Gasteiger partial charge on any atom is 0.228 e.